The highest BCUT2D eigenvalue weighted by atomic mass is 16.3. The van der Waals surface area contributed by atoms with Gasteiger partial charge in [0.25, 0.3) is 0 Å². The molecule has 2 aromatic carbocycles. The molecule has 0 radical (unpaired) electrons. The van der Waals surface area contributed by atoms with Gasteiger partial charge in [0.2, 0.25) is 0 Å². The first-order valence-corrected chi connectivity index (χ1v) is 6.95. The standard InChI is InChI=1S/C18H22O/c1-14(2)18(19)17(16-11-7-4-8-12-16)13-15-9-5-3-6-10-15/h3-12,14,17-19H,13H2,1-2H3. The minimum atomic E-state index is -0.317. The van der Waals surface area contributed by atoms with Crippen molar-refractivity contribution < 1.29 is 5.11 Å². The van der Waals surface area contributed by atoms with Crippen LogP contribution in [0, 0.1) is 5.92 Å². The van der Waals surface area contributed by atoms with E-state index in [4.69, 9.17) is 0 Å². The lowest BCUT2D eigenvalue weighted by Crippen LogP contribution is -2.26. The van der Waals surface area contributed by atoms with Crippen LogP contribution >= 0.6 is 0 Å². The van der Waals surface area contributed by atoms with Crippen LogP contribution in [0.1, 0.15) is 30.9 Å². The SMILES string of the molecule is CC(C)C(O)C(Cc1ccccc1)c1ccccc1. The number of hydrogen-bond donors (Lipinski definition) is 1. The van der Waals surface area contributed by atoms with Crippen LogP contribution in [0.15, 0.2) is 60.7 Å². The Bertz CT molecular complexity index is 476. The van der Waals surface area contributed by atoms with Gasteiger partial charge in [-0.1, -0.05) is 74.5 Å². The van der Waals surface area contributed by atoms with E-state index in [2.05, 4.69) is 50.2 Å². The van der Waals surface area contributed by atoms with Crippen LogP contribution in [-0.2, 0) is 6.42 Å². The summed E-state index contributed by atoms with van der Waals surface area (Å²) in [6.45, 7) is 4.15. The molecule has 2 rings (SSSR count). The summed E-state index contributed by atoms with van der Waals surface area (Å²) in [5.74, 6) is 0.414. The monoisotopic (exact) mass is 254 g/mol. The predicted molar refractivity (Wildman–Crippen MR) is 80.2 cm³/mol. The van der Waals surface area contributed by atoms with E-state index < -0.39 is 0 Å². The van der Waals surface area contributed by atoms with E-state index in [1.807, 2.05) is 24.3 Å². The fourth-order valence-corrected chi connectivity index (χ4v) is 2.47. The molecule has 19 heavy (non-hydrogen) atoms. The first-order chi connectivity index (χ1) is 9.18. The van der Waals surface area contributed by atoms with Gasteiger partial charge in [-0.2, -0.15) is 0 Å². The third-order valence-electron chi connectivity index (χ3n) is 3.62. The number of benzene rings is 2. The molecular weight excluding hydrogens is 232 g/mol. The minimum Gasteiger partial charge on any atom is -0.392 e. The van der Waals surface area contributed by atoms with Gasteiger partial charge in [-0.3, -0.25) is 0 Å². The molecule has 0 aliphatic rings. The minimum absolute atomic E-state index is 0.156. The summed E-state index contributed by atoms with van der Waals surface area (Å²) in [6.07, 6.45) is 0.562. The van der Waals surface area contributed by atoms with Crippen LogP contribution in [0.5, 0.6) is 0 Å². The van der Waals surface area contributed by atoms with Crippen LogP contribution in [-0.4, -0.2) is 11.2 Å². The number of hydrogen-bond acceptors (Lipinski definition) is 1. The molecule has 0 spiro atoms. The summed E-state index contributed by atoms with van der Waals surface area (Å²) in [6, 6.07) is 20.7. The van der Waals surface area contributed by atoms with Crippen molar-refractivity contribution >= 4 is 0 Å². The van der Waals surface area contributed by atoms with E-state index in [1.54, 1.807) is 0 Å². The second-order valence-corrected chi connectivity index (χ2v) is 5.44. The Kier molecular flexibility index (Phi) is 4.75. The smallest absolute Gasteiger partial charge is 0.0634 e. The largest absolute Gasteiger partial charge is 0.392 e. The molecule has 0 aromatic heterocycles. The fraction of sp³-hybridized carbons (Fsp3) is 0.333. The second kappa shape index (κ2) is 6.53. The van der Waals surface area contributed by atoms with E-state index in [9.17, 15) is 5.11 Å². The lowest BCUT2D eigenvalue weighted by atomic mass is 9.83. The number of aliphatic hydroxyl groups is 1. The van der Waals surface area contributed by atoms with E-state index in [0.29, 0.717) is 0 Å². The second-order valence-electron chi connectivity index (χ2n) is 5.44. The van der Waals surface area contributed by atoms with Crippen molar-refractivity contribution in [3.05, 3.63) is 71.8 Å². The molecule has 0 bridgehead atoms. The Morgan fingerprint density at radius 1 is 0.842 bits per heavy atom. The van der Waals surface area contributed by atoms with E-state index in [0.717, 1.165) is 6.42 Å². The Morgan fingerprint density at radius 3 is 1.89 bits per heavy atom. The maximum atomic E-state index is 10.5. The molecule has 2 aromatic rings. The molecule has 0 aliphatic heterocycles. The average Bonchev–Trinajstić information content (AvgIpc) is 2.46. The molecule has 2 atom stereocenters. The average molecular weight is 254 g/mol. The normalized spacial score (nSPS) is 14.3. The van der Waals surface area contributed by atoms with Crippen LogP contribution < -0.4 is 0 Å². The Labute approximate surface area is 115 Å². The van der Waals surface area contributed by atoms with Crippen molar-refractivity contribution in [3.63, 3.8) is 0 Å². The lowest BCUT2D eigenvalue weighted by molar-refractivity contribution is 0.0957. The van der Waals surface area contributed by atoms with Gasteiger partial charge in [0.1, 0.15) is 0 Å². The zero-order valence-corrected chi connectivity index (χ0v) is 11.7. The van der Waals surface area contributed by atoms with E-state index in [1.165, 1.54) is 11.1 Å². The van der Waals surface area contributed by atoms with Gasteiger partial charge in [-0.25, -0.2) is 0 Å². The first kappa shape index (κ1) is 13.8. The fourth-order valence-electron chi connectivity index (χ4n) is 2.47. The molecule has 1 heteroatoms. The zero-order chi connectivity index (χ0) is 13.7. The maximum Gasteiger partial charge on any atom is 0.0634 e. The Morgan fingerprint density at radius 2 is 1.37 bits per heavy atom. The molecule has 0 aliphatic carbocycles. The molecule has 1 nitrogen and oxygen atoms in total. The third-order valence-corrected chi connectivity index (χ3v) is 3.62. The number of aliphatic hydroxyl groups excluding tert-OH is 1. The van der Waals surface area contributed by atoms with E-state index >= 15 is 0 Å². The summed E-state index contributed by atoms with van der Waals surface area (Å²) in [5, 5.41) is 10.5. The summed E-state index contributed by atoms with van der Waals surface area (Å²) in [4.78, 5) is 0. The quantitative estimate of drug-likeness (QED) is 0.854. The highest BCUT2D eigenvalue weighted by molar-refractivity contribution is 5.25. The van der Waals surface area contributed by atoms with Gasteiger partial charge in [0.05, 0.1) is 6.10 Å². The predicted octanol–water partition coefficient (Wildman–Crippen LogP) is 4.03. The molecule has 2 unspecified atom stereocenters. The van der Waals surface area contributed by atoms with Crippen LogP contribution in [0.4, 0.5) is 0 Å². The summed E-state index contributed by atoms with van der Waals surface area (Å²) < 4.78 is 0. The van der Waals surface area contributed by atoms with Gasteiger partial charge in [-0.15, -0.1) is 0 Å². The van der Waals surface area contributed by atoms with Crippen LogP contribution in [0.3, 0.4) is 0 Å². The molecule has 0 saturated carbocycles. The highest BCUT2D eigenvalue weighted by Gasteiger charge is 2.23. The lowest BCUT2D eigenvalue weighted by Gasteiger charge is -2.26. The molecule has 0 heterocycles. The summed E-state index contributed by atoms with van der Waals surface area (Å²) in [5.41, 5.74) is 2.49. The first-order valence-electron chi connectivity index (χ1n) is 6.95. The van der Waals surface area contributed by atoms with Gasteiger partial charge in [0.15, 0.2) is 0 Å². The summed E-state index contributed by atoms with van der Waals surface area (Å²) in [7, 11) is 0. The number of rotatable bonds is 5. The van der Waals surface area contributed by atoms with Crippen molar-refractivity contribution in [3.8, 4) is 0 Å². The molecule has 0 amide bonds. The van der Waals surface area contributed by atoms with Gasteiger partial charge in [0, 0.05) is 5.92 Å². The van der Waals surface area contributed by atoms with E-state index in [-0.39, 0.29) is 17.9 Å². The topological polar surface area (TPSA) is 20.2 Å². The maximum absolute atomic E-state index is 10.5. The Balaban J connectivity index is 2.25. The van der Waals surface area contributed by atoms with Crippen molar-refractivity contribution in [2.24, 2.45) is 5.92 Å². The molecular formula is C18H22O. The third kappa shape index (κ3) is 3.68. The van der Waals surface area contributed by atoms with Crippen molar-refractivity contribution in [2.45, 2.75) is 32.3 Å². The van der Waals surface area contributed by atoms with Crippen LogP contribution in [0.25, 0.3) is 0 Å². The van der Waals surface area contributed by atoms with Gasteiger partial charge < -0.3 is 5.11 Å². The molecule has 0 fully saturated rings. The van der Waals surface area contributed by atoms with Gasteiger partial charge >= 0.3 is 0 Å². The highest BCUT2D eigenvalue weighted by Crippen LogP contribution is 2.28. The van der Waals surface area contributed by atoms with Crippen molar-refractivity contribution in [1.29, 1.82) is 0 Å². The molecule has 100 valence electrons. The van der Waals surface area contributed by atoms with Gasteiger partial charge in [-0.05, 0) is 23.5 Å². The molecule has 1 N–H and O–H groups in total. The Hall–Kier alpha value is -1.60. The zero-order valence-electron chi connectivity index (χ0n) is 11.7. The van der Waals surface area contributed by atoms with Crippen LogP contribution in [0.2, 0.25) is 0 Å². The summed E-state index contributed by atoms with van der Waals surface area (Å²) >= 11 is 0. The molecule has 0 saturated heterocycles. The van der Waals surface area contributed by atoms with Crippen molar-refractivity contribution in [1.82, 2.24) is 0 Å². The van der Waals surface area contributed by atoms with Crippen molar-refractivity contribution in [2.75, 3.05) is 0 Å².